The first-order valence-corrected chi connectivity index (χ1v) is 7.36. The standard InChI is InChI=1S/C16H27N3/c1-18-11-8-15(9-12-18)19(2)13-10-16(17)14-6-4-3-5-7-14/h3-7,15-16H,8-13,17H2,1-2H3. The van der Waals surface area contributed by atoms with Crippen LogP contribution in [0.25, 0.3) is 0 Å². The lowest BCUT2D eigenvalue weighted by Crippen LogP contribution is -2.42. The minimum atomic E-state index is 0.162. The zero-order valence-corrected chi connectivity index (χ0v) is 12.3. The van der Waals surface area contributed by atoms with Crippen molar-refractivity contribution in [2.75, 3.05) is 33.7 Å². The van der Waals surface area contributed by atoms with E-state index in [2.05, 4.69) is 48.2 Å². The molecule has 1 unspecified atom stereocenters. The van der Waals surface area contributed by atoms with Crippen molar-refractivity contribution < 1.29 is 0 Å². The van der Waals surface area contributed by atoms with Crippen LogP contribution in [0.2, 0.25) is 0 Å². The van der Waals surface area contributed by atoms with Gasteiger partial charge in [-0.25, -0.2) is 0 Å². The molecule has 0 aliphatic carbocycles. The second kappa shape index (κ2) is 7.04. The van der Waals surface area contributed by atoms with Crippen molar-refractivity contribution >= 4 is 0 Å². The highest BCUT2D eigenvalue weighted by molar-refractivity contribution is 5.18. The number of nitrogens with zero attached hydrogens (tertiary/aromatic N) is 2. The van der Waals surface area contributed by atoms with E-state index in [9.17, 15) is 0 Å². The van der Waals surface area contributed by atoms with Gasteiger partial charge in [-0.05, 0) is 58.6 Å². The van der Waals surface area contributed by atoms with Gasteiger partial charge in [-0.15, -0.1) is 0 Å². The van der Waals surface area contributed by atoms with Crippen LogP contribution in [0, 0.1) is 0 Å². The molecule has 1 aliphatic rings. The van der Waals surface area contributed by atoms with Crippen LogP contribution in [0.1, 0.15) is 30.9 Å². The molecule has 0 radical (unpaired) electrons. The van der Waals surface area contributed by atoms with Crippen LogP contribution in [0.3, 0.4) is 0 Å². The third-order valence-electron chi connectivity index (χ3n) is 4.33. The van der Waals surface area contributed by atoms with Gasteiger partial charge in [-0.2, -0.15) is 0 Å². The van der Waals surface area contributed by atoms with Crippen LogP contribution >= 0.6 is 0 Å². The minimum absolute atomic E-state index is 0.162. The molecule has 3 heteroatoms. The Morgan fingerprint density at radius 2 is 1.89 bits per heavy atom. The van der Waals surface area contributed by atoms with Gasteiger partial charge in [0.05, 0.1) is 0 Å². The van der Waals surface area contributed by atoms with E-state index in [0.717, 1.165) is 19.0 Å². The molecule has 1 fully saturated rings. The second-order valence-electron chi connectivity index (χ2n) is 5.82. The Kier molecular flexibility index (Phi) is 5.37. The molecule has 0 saturated carbocycles. The van der Waals surface area contributed by atoms with Crippen molar-refractivity contribution in [3.05, 3.63) is 35.9 Å². The Morgan fingerprint density at radius 3 is 2.53 bits per heavy atom. The first-order valence-electron chi connectivity index (χ1n) is 7.36. The van der Waals surface area contributed by atoms with Crippen LogP contribution in [0.15, 0.2) is 30.3 Å². The number of benzene rings is 1. The fraction of sp³-hybridized carbons (Fsp3) is 0.625. The summed E-state index contributed by atoms with van der Waals surface area (Å²) in [5, 5.41) is 0. The normalized spacial score (nSPS) is 19.8. The van der Waals surface area contributed by atoms with E-state index in [1.165, 1.54) is 31.5 Å². The highest BCUT2D eigenvalue weighted by Crippen LogP contribution is 2.17. The van der Waals surface area contributed by atoms with Gasteiger partial charge < -0.3 is 15.5 Å². The molecule has 1 atom stereocenters. The number of hydrogen-bond acceptors (Lipinski definition) is 3. The predicted molar refractivity (Wildman–Crippen MR) is 81.1 cm³/mol. The smallest absolute Gasteiger partial charge is 0.0307 e. The number of rotatable bonds is 5. The summed E-state index contributed by atoms with van der Waals surface area (Å²) in [5.41, 5.74) is 7.51. The van der Waals surface area contributed by atoms with E-state index in [1.807, 2.05) is 6.07 Å². The van der Waals surface area contributed by atoms with Crippen LogP contribution in [-0.2, 0) is 0 Å². The number of nitrogens with two attached hydrogens (primary N) is 1. The summed E-state index contributed by atoms with van der Waals surface area (Å²) in [4.78, 5) is 4.91. The average Bonchev–Trinajstić information content (AvgIpc) is 2.46. The number of likely N-dealkylation sites (tertiary alicyclic amines) is 1. The van der Waals surface area contributed by atoms with Gasteiger partial charge in [0.1, 0.15) is 0 Å². The largest absolute Gasteiger partial charge is 0.324 e. The molecule has 2 rings (SSSR count). The Morgan fingerprint density at radius 1 is 1.26 bits per heavy atom. The van der Waals surface area contributed by atoms with E-state index in [0.29, 0.717) is 0 Å². The van der Waals surface area contributed by atoms with Crippen molar-refractivity contribution in [3.8, 4) is 0 Å². The third kappa shape index (κ3) is 4.30. The lowest BCUT2D eigenvalue weighted by molar-refractivity contribution is 0.141. The molecule has 2 N–H and O–H groups in total. The Labute approximate surface area is 117 Å². The van der Waals surface area contributed by atoms with Crippen LogP contribution in [0.4, 0.5) is 0 Å². The maximum Gasteiger partial charge on any atom is 0.0307 e. The van der Waals surface area contributed by atoms with E-state index in [1.54, 1.807) is 0 Å². The van der Waals surface area contributed by atoms with Crippen molar-refractivity contribution in [1.29, 1.82) is 0 Å². The van der Waals surface area contributed by atoms with Gasteiger partial charge >= 0.3 is 0 Å². The predicted octanol–water partition coefficient (Wildman–Crippen LogP) is 2.10. The number of piperidine rings is 1. The highest BCUT2D eigenvalue weighted by Gasteiger charge is 2.20. The maximum absolute atomic E-state index is 6.26. The van der Waals surface area contributed by atoms with Crippen molar-refractivity contribution in [2.24, 2.45) is 5.73 Å². The SMILES string of the molecule is CN1CCC(N(C)CCC(N)c2ccccc2)CC1. The molecule has 1 aliphatic heterocycles. The summed E-state index contributed by atoms with van der Waals surface area (Å²) in [6, 6.07) is 11.3. The molecule has 0 aromatic heterocycles. The molecular weight excluding hydrogens is 234 g/mol. The molecule has 0 spiro atoms. The van der Waals surface area contributed by atoms with E-state index >= 15 is 0 Å². The lowest BCUT2D eigenvalue weighted by atomic mass is 10.0. The zero-order chi connectivity index (χ0) is 13.7. The molecule has 0 amide bonds. The topological polar surface area (TPSA) is 32.5 Å². The van der Waals surface area contributed by atoms with Gasteiger partial charge in [0.25, 0.3) is 0 Å². The average molecular weight is 261 g/mol. The number of hydrogen-bond donors (Lipinski definition) is 1. The van der Waals surface area contributed by atoms with Crippen molar-refractivity contribution in [1.82, 2.24) is 9.80 Å². The first-order chi connectivity index (χ1) is 9.16. The van der Waals surface area contributed by atoms with Crippen molar-refractivity contribution in [2.45, 2.75) is 31.3 Å². The fourth-order valence-corrected chi connectivity index (χ4v) is 2.83. The summed E-state index contributed by atoms with van der Waals surface area (Å²) >= 11 is 0. The fourth-order valence-electron chi connectivity index (χ4n) is 2.83. The van der Waals surface area contributed by atoms with Gasteiger partial charge in [-0.3, -0.25) is 0 Å². The quantitative estimate of drug-likeness (QED) is 0.881. The molecule has 1 aromatic carbocycles. The second-order valence-corrected chi connectivity index (χ2v) is 5.82. The summed E-state index contributed by atoms with van der Waals surface area (Å²) in [7, 11) is 4.45. The van der Waals surface area contributed by atoms with E-state index in [4.69, 9.17) is 5.73 Å². The Bertz CT molecular complexity index is 358. The molecule has 1 aromatic rings. The molecule has 0 bridgehead atoms. The van der Waals surface area contributed by atoms with Gasteiger partial charge in [0, 0.05) is 12.1 Å². The van der Waals surface area contributed by atoms with Gasteiger partial charge in [0.15, 0.2) is 0 Å². The molecule has 106 valence electrons. The highest BCUT2D eigenvalue weighted by atomic mass is 15.2. The Hall–Kier alpha value is -0.900. The third-order valence-corrected chi connectivity index (χ3v) is 4.33. The van der Waals surface area contributed by atoms with Gasteiger partial charge in [-0.1, -0.05) is 30.3 Å². The summed E-state index contributed by atoms with van der Waals surface area (Å²) in [6.45, 7) is 3.53. The monoisotopic (exact) mass is 261 g/mol. The zero-order valence-electron chi connectivity index (χ0n) is 12.3. The Balaban J connectivity index is 1.75. The summed E-state index contributed by atoms with van der Waals surface area (Å²) in [5.74, 6) is 0. The maximum atomic E-state index is 6.26. The minimum Gasteiger partial charge on any atom is -0.324 e. The lowest BCUT2D eigenvalue weighted by Gasteiger charge is -2.35. The molecule has 19 heavy (non-hydrogen) atoms. The van der Waals surface area contributed by atoms with E-state index < -0.39 is 0 Å². The van der Waals surface area contributed by atoms with Crippen LogP contribution in [0.5, 0.6) is 0 Å². The van der Waals surface area contributed by atoms with Gasteiger partial charge in [0.2, 0.25) is 0 Å². The molecule has 1 saturated heterocycles. The molecule has 3 nitrogen and oxygen atoms in total. The summed E-state index contributed by atoms with van der Waals surface area (Å²) in [6.07, 6.45) is 3.61. The first kappa shape index (κ1) is 14.5. The molecular formula is C16H27N3. The van der Waals surface area contributed by atoms with Crippen LogP contribution in [-0.4, -0.2) is 49.6 Å². The molecule has 1 heterocycles. The van der Waals surface area contributed by atoms with Crippen LogP contribution < -0.4 is 5.73 Å². The van der Waals surface area contributed by atoms with Crippen molar-refractivity contribution in [3.63, 3.8) is 0 Å². The summed E-state index contributed by atoms with van der Waals surface area (Å²) < 4.78 is 0. The van der Waals surface area contributed by atoms with E-state index in [-0.39, 0.29) is 6.04 Å².